The van der Waals surface area contributed by atoms with Gasteiger partial charge in [0.15, 0.2) is 11.5 Å². The molecule has 108 valence electrons. The number of benzene rings is 1. The normalized spacial score (nSPS) is 10.6. The Labute approximate surface area is 121 Å². The Bertz CT molecular complexity index is 671. The van der Waals surface area contributed by atoms with Gasteiger partial charge in [0.1, 0.15) is 6.33 Å². The molecule has 0 spiro atoms. The monoisotopic (exact) mass is 287 g/mol. The number of methoxy groups -OCH3 is 2. The van der Waals surface area contributed by atoms with E-state index < -0.39 is 4.92 Å². The van der Waals surface area contributed by atoms with E-state index >= 15 is 0 Å². The molecule has 0 aliphatic carbocycles. The highest BCUT2D eigenvalue weighted by Crippen LogP contribution is 2.35. The third-order valence-corrected chi connectivity index (χ3v) is 2.77. The second-order valence-electron chi connectivity index (χ2n) is 3.99. The largest absolute Gasteiger partial charge is 0.493 e. The topological polar surface area (TPSA) is 87.4 Å². The summed E-state index contributed by atoms with van der Waals surface area (Å²) in [5.41, 5.74) is 0.975. The Hall–Kier alpha value is -2.96. The molecule has 0 radical (unpaired) electrons. The molecule has 0 saturated carbocycles. The van der Waals surface area contributed by atoms with Crippen molar-refractivity contribution in [1.82, 2.24) is 9.97 Å². The highest BCUT2D eigenvalue weighted by atomic mass is 16.6. The summed E-state index contributed by atoms with van der Waals surface area (Å²) in [5.74, 6) is 0.730. The summed E-state index contributed by atoms with van der Waals surface area (Å²) in [4.78, 5) is 18.5. The molecule has 0 bridgehead atoms. The number of ether oxygens (including phenoxy) is 2. The molecule has 0 amide bonds. The van der Waals surface area contributed by atoms with Gasteiger partial charge in [0.2, 0.25) is 0 Å². The number of nitro groups is 1. The molecule has 0 unspecified atom stereocenters. The third-order valence-electron chi connectivity index (χ3n) is 2.77. The number of nitro benzene ring substituents is 1. The summed E-state index contributed by atoms with van der Waals surface area (Å²) in [6, 6.07) is 4.58. The van der Waals surface area contributed by atoms with Crippen LogP contribution < -0.4 is 9.47 Å². The molecule has 0 saturated heterocycles. The Morgan fingerprint density at radius 1 is 1.19 bits per heavy atom. The fourth-order valence-corrected chi connectivity index (χ4v) is 1.75. The van der Waals surface area contributed by atoms with Crippen LogP contribution in [0.1, 0.15) is 11.3 Å². The van der Waals surface area contributed by atoms with Crippen LogP contribution in [0.5, 0.6) is 11.5 Å². The second kappa shape index (κ2) is 6.47. The van der Waals surface area contributed by atoms with E-state index in [9.17, 15) is 10.1 Å². The lowest BCUT2D eigenvalue weighted by Crippen LogP contribution is -1.96. The standard InChI is InChI=1S/C14H13N3O4/c1-20-13-7-10(3-4-11-5-6-15-9-16-11)12(17(18)19)8-14(13)21-2/h3-9H,1-2H3/b4-3+. The van der Waals surface area contributed by atoms with E-state index in [4.69, 9.17) is 9.47 Å². The minimum absolute atomic E-state index is 0.0713. The van der Waals surface area contributed by atoms with Crippen molar-refractivity contribution in [2.45, 2.75) is 0 Å². The summed E-state index contributed by atoms with van der Waals surface area (Å²) in [7, 11) is 2.90. The first-order valence-corrected chi connectivity index (χ1v) is 6.00. The van der Waals surface area contributed by atoms with Gasteiger partial charge in [0, 0.05) is 6.20 Å². The van der Waals surface area contributed by atoms with Crippen LogP contribution >= 0.6 is 0 Å². The van der Waals surface area contributed by atoms with Crippen LogP contribution in [0.15, 0.2) is 30.7 Å². The van der Waals surface area contributed by atoms with E-state index in [1.165, 1.54) is 26.6 Å². The third kappa shape index (κ3) is 3.33. The molecule has 0 aliphatic rings. The highest BCUT2D eigenvalue weighted by Gasteiger charge is 2.17. The summed E-state index contributed by atoms with van der Waals surface area (Å²) in [6.45, 7) is 0. The van der Waals surface area contributed by atoms with Crippen molar-refractivity contribution in [2.75, 3.05) is 14.2 Å². The molecule has 7 heteroatoms. The Kier molecular flexibility index (Phi) is 4.45. The highest BCUT2D eigenvalue weighted by molar-refractivity contribution is 5.75. The van der Waals surface area contributed by atoms with Gasteiger partial charge in [-0.3, -0.25) is 10.1 Å². The average molecular weight is 287 g/mol. The molecule has 2 rings (SSSR count). The number of aromatic nitrogens is 2. The zero-order valence-corrected chi connectivity index (χ0v) is 11.5. The fraction of sp³-hybridized carbons (Fsp3) is 0.143. The lowest BCUT2D eigenvalue weighted by Gasteiger charge is -2.08. The summed E-state index contributed by atoms with van der Waals surface area (Å²) < 4.78 is 10.2. The minimum atomic E-state index is -0.471. The van der Waals surface area contributed by atoms with E-state index in [1.54, 1.807) is 30.5 Å². The maximum atomic E-state index is 11.2. The first-order valence-electron chi connectivity index (χ1n) is 6.00. The van der Waals surface area contributed by atoms with E-state index in [-0.39, 0.29) is 5.69 Å². The van der Waals surface area contributed by atoms with Crippen LogP contribution in [0.2, 0.25) is 0 Å². The van der Waals surface area contributed by atoms with Gasteiger partial charge in [0.25, 0.3) is 5.69 Å². The quantitative estimate of drug-likeness (QED) is 0.620. The number of nitrogens with zero attached hydrogens (tertiary/aromatic N) is 3. The van der Waals surface area contributed by atoms with Crippen molar-refractivity contribution in [3.8, 4) is 11.5 Å². The van der Waals surface area contributed by atoms with Gasteiger partial charge >= 0.3 is 0 Å². The maximum absolute atomic E-state index is 11.2. The van der Waals surface area contributed by atoms with Crippen LogP contribution in [0.25, 0.3) is 12.2 Å². The van der Waals surface area contributed by atoms with E-state index in [2.05, 4.69) is 9.97 Å². The van der Waals surface area contributed by atoms with Gasteiger partial charge in [-0.15, -0.1) is 0 Å². The Morgan fingerprint density at radius 3 is 2.48 bits per heavy atom. The van der Waals surface area contributed by atoms with Crippen LogP contribution in [-0.4, -0.2) is 29.1 Å². The SMILES string of the molecule is COc1cc(/C=C/c2ccncn2)c([N+](=O)[O-])cc1OC. The predicted octanol–water partition coefficient (Wildman–Crippen LogP) is 2.57. The molecule has 7 nitrogen and oxygen atoms in total. The van der Waals surface area contributed by atoms with Crippen LogP contribution in [0.4, 0.5) is 5.69 Å². The Morgan fingerprint density at radius 2 is 1.90 bits per heavy atom. The maximum Gasteiger partial charge on any atom is 0.280 e. The van der Waals surface area contributed by atoms with Crippen LogP contribution in [0.3, 0.4) is 0 Å². The zero-order chi connectivity index (χ0) is 15.2. The molecular weight excluding hydrogens is 274 g/mol. The molecule has 21 heavy (non-hydrogen) atoms. The van der Waals surface area contributed by atoms with Gasteiger partial charge in [-0.25, -0.2) is 9.97 Å². The lowest BCUT2D eigenvalue weighted by molar-refractivity contribution is -0.385. The lowest BCUT2D eigenvalue weighted by atomic mass is 10.1. The summed E-state index contributed by atoms with van der Waals surface area (Å²) >= 11 is 0. The van der Waals surface area contributed by atoms with Gasteiger partial charge in [-0.1, -0.05) is 0 Å². The summed E-state index contributed by atoms with van der Waals surface area (Å²) in [6.07, 6.45) is 6.26. The molecule has 0 N–H and O–H groups in total. The zero-order valence-electron chi connectivity index (χ0n) is 11.5. The van der Waals surface area contributed by atoms with E-state index in [0.717, 1.165) is 0 Å². The van der Waals surface area contributed by atoms with Gasteiger partial charge in [-0.2, -0.15) is 0 Å². The van der Waals surface area contributed by atoms with Gasteiger partial charge in [-0.05, 0) is 24.3 Å². The van der Waals surface area contributed by atoms with Crippen molar-refractivity contribution in [2.24, 2.45) is 0 Å². The van der Waals surface area contributed by atoms with Crippen molar-refractivity contribution in [3.05, 3.63) is 52.1 Å². The Balaban J connectivity index is 2.46. The number of rotatable bonds is 5. The van der Waals surface area contributed by atoms with E-state index in [0.29, 0.717) is 22.8 Å². The number of hydrogen-bond acceptors (Lipinski definition) is 6. The molecule has 0 atom stereocenters. The van der Waals surface area contributed by atoms with Crippen molar-refractivity contribution in [1.29, 1.82) is 0 Å². The van der Waals surface area contributed by atoms with Crippen molar-refractivity contribution < 1.29 is 14.4 Å². The molecule has 0 aliphatic heterocycles. The molecule has 1 aromatic carbocycles. The molecule has 1 aromatic heterocycles. The molecule has 0 fully saturated rings. The number of hydrogen-bond donors (Lipinski definition) is 0. The first-order chi connectivity index (χ1) is 10.2. The first kappa shape index (κ1) is 14.4. The van der Waals surface area contributed by atoms with E-state index in [1.807, 2.05) is 0 Å². The fourth-order valence-electron chi connectivity index (χ4n) is 1.75. The van der Waals surface area contributed by atoms with Crippen LogP contribution in [0, 0.1) is 10.1 Å². The predicted molar refractivity (Wildman–Crippen MR) is 77.2 cm³/mol. The van der Waals surface area contributed by atoms with Crippen molar-refractivity contribution in [3.63, 3.8) is 0 Å². The average Bonchev–Trinajstić information content (AvgIpc) is 2.52. The minimum Gasteiger partial charge on any atom is -0.493 e. The molecule has 1 heterocycles. The second-order valence-corrected chi connectivity index (χ2v) is 3.99. The smallest absolute Gasteiger partial charge is 0.280 e. The van der Waals surface area contributed by atoms with Gasteiger partial charge in [0.05, 0.1) is 36.5 Å². The molecular formula is C14H13N3O4. The van der Waals surface area contributed by atoms with Gasteiger partial charge < -0.3 is 9.47 Å². The van der Waals surface area contributed by atoms with Crippen molar-refractivity contribution >= 4 is 17.8 Å². The molecule has 2 aromatic rings. The summed E-state index contributed by atoms with van der Waals surface area (Å²) in [5, 5.41) is 11.2. The van der Waals surface area contributed by atoms with Crippen LogP contribution in [-0.2, 0) is 0 Å².